The van der Waals surface area contributed by atoms with Gasteiger partial charge in [-0.15, -0.1) is 0 Å². The molecule has 0 spiro atoms. The molecule has 0 saturated carbocycles. The molecular weight excluding hydrogens is 577 g/mol. The van der Waals surface area contributed by atoms with Gasteiger partial charge in [0.1, 0.15) is 11.2 Å². The van der Waals surface area contributed by atoms with E-state index in [0.29, 0.717) is 0 Å². The van der Waals surface area contributed by atoms with Crippen molar-refractivity contribution < 1.29 is 4.42 Å². The first-order chi connectivity index (χ1) is 22.8. The van der Waals surface area contributed by atoms with Crippen LogP contribution in [0.25, 0.3) is 77.6 Å². The smallest absolute Gasteiger partial charge is 0.136 e. The van der Waals surface area contributed by atoms with Crippen LogP contribution in [0.1, 0.15) is 11.1 Å². The van der Waals surface area contributed by atoms with Gasteiger partial charge < -0.3 is 4.42 Å². The summed E-state index contributed by atoms with van der Waals surface area (Å²) in [7, 11) is 0. The molecule has 9 rings (SSSR count). The maximum Gasteiger partial charge on any atom is 0.136 e. The van der Waals surface area contributed by atoms with Crippen LogP contribution in [0.5, 0.6) is 0 Å². The lowest BCUT2D eigenvalue weighted by Gasteiger charge is -2.15. The van der Waals surface area contributed by atoms with E-state index in [4.69, 9.17) is 4.42 Å². The van der Waals surface area contributed by atoms with Gasteiger partial charge in [-0.3, -0.25) is 0 Å². The van der Waals surface area contributed by atoms with Crippen molar-refractivity contribution in [1.82, 2.24) is 0 Å². The Labute approximate surface area is 273 Å². The van der Waals surface area contributed by atoms with E-state index in [0.717, 1.165) is 22.7 Å². The molecule has 0 radical (unpaired) electrons. The Morgan fingerprint density at radius 2 is 1.00 bits per heavy atom. The molecular formula is C44H30OS. The minimum Gasteiger partial charge on any atom is -0.456 e. The number of fused-ring (bicyclic) bond motifs is 6. The van der Waals surface area contributed by atoms with Crippen LogP contribution >= 0.6 is 11.8 Å². The number of benzene rings is 7. The Hall–Kier alpha value is -5.31. The van der Waals surface area contributed by atoms with Gasteiger partial charge in [-0.05, 0) is 109 Å². The van der Waals surface area contributed by atoms with Crippen LogP contribution in [0.4, 0.5) is 0 Å². The van der Waals surface area contributed by atoms with Crippen molar-refractivity contribution in [2.45, 2.75) is 11.5 Å². The highest BCUT2D eigenvalue weighted by molar-refractivity contribution is 7.97. The molecule has 7 aromatic carbocycles. The van der Waals surface area contributed by atoms with Gasteiger partial charge in [0.15, 0.2) is 0 Å². The molecule has 8 aromatic rings. The first kappa shape index (κ1) is 27.0. The highest BCUT2D eigenvalue weighted by atomic mass is 32.2. The highest BCUT2D eigenvalue weighted by Gasteiger charge is 2.19. The molecule has 0 unspecified atom stereocenters. The van der Waals surface area contributed by atoms with E-state index in [1.807, 2.05) is 17.8 Å². The summed E-state index contributed by atoms with van der Waals surface area (Å²) in [6.45, 7) is 0. The Morgan fingerprint density at radius 1 is 0.370 bits per heavy atom. The number of para-hydroxylation sites is 1. The summed E-state index contributed by atoms with van der Waals surface area (Å²) in [5.74, 6) is 1.98. The fourth-order valence-corrected chi connectivity index (χ4v) is 7.98. The van der Waals surface area contributed by atoms with Crippen molar-refractivity contribution in [3.63, 3.8) is 0 Å². The molecule has 46 heavy (non-hydrogen) atoms. The zero-order valence-electron chi connectivity index (χ0n) is 25.2. The summed E-state index contributed by atoms with van der Waals surface area (Å²) < 4.78 is 6.22. The van der Waals surface area contributed by atoms with Crippen LogP contribution in [0, 0.1) is 0 Å². The summed E-state index contributed by atoms with van der Waals surface area (Å²) in [6, 6.07) is 57.3. The molecule has 1 aliphatic heterocycles. The van der Waals surface area contributed by atoms with E-state index in [9.17, 15) is 0 Å². The minimum atomic E-state index is 0.934. The second kappa shape index (κ2) is 11.2. The average molecular weight is 607 g/mol. The summed E-state index contributed by atoms with van der Waals surface area (Å²) in [6.07, 6.45) is 0. The largest absolute Gasteiger partial charge is 0.456 e. The second-order valence-corrected chi connectivity index (χ2v) is 13.0. The van der Waals surface area contributed by atoms with E-state index in [1.54, 1.807) is 0 Å². The van der Waals surface area contributed by atoms with Crippen LogP contribution in [0.3, 0.4) is 0 Å². The standard InChI is InChI=1S/C44H30OS/c1-3-10-29(11-4-1)34-23-35(30-12-5-2-6-13-30)25-36(24-34)31-18-19-33-27-46-28-37-22-32(20-21-38(37)41(33)26-31)39-15-9-17-43-44(39)40-14-7-8-16-42(40)45-43/h1-26H,27-28H2. The third kappa shape index (κ3) is 4.74. The van der Waals surface area contributed by atoms with Crippen LogP contribution in [0.15, 0.2) is 162 Å². The van der Waals surface area contributed by atoms with Gasteiger partial charge in [0, 0.05) is 22.3 Å². The van der Waals surface area contributed by atoms with Crippen molar-refractivity contribution in [2.24, 2.45) is 0 Å². The molecule has 0 aliphatic carbocycles. The predicted octanol–water partition coefficient (Wildman–Crippen LogP) is 12.7. The molecule has 0 bridgehead atoms. The lowest BCUT2D eigenvalue weighted by Crippen LogP contribution is -1.92. The van der Waals surface area contributed by atoms with Gasteiger partial charge in [0.05, 0.1) is 0 Å². The number of thioether (sulfide) groups is 1. The number of hydrogen-bond donors (Lipinski definition) is 0. The Bertz CT molecular complexity index is 2330. The van der Waals surface area contributed by atoms with Crippen molar-refractivity contribution in [3.8, 4) is 55.6 Å². The van der Waals surface area contributed by atoms with Gasteiger partial charge in [0.25, 0.3) is 0 Å². The van der Waals surface area contributed by atoms with Crippen LogP contribution < -0.4 is 0 Å². The third-order valence-electron chi connectivity index (χ3n) is 9.21. The number of hydrogen-bond acceptors (Lipinski definition) is 2. The summed E-state index contributed by atoms with van der Waals surface area (Å²) in [5.41, 5.74) is 17.2. The van der Waals surface area contributed by atoms with Crippen LogP contribution in [-0.4, -0.2) is 0 Å². The number of furan rings is 1. The summed E-state index contributed by atoms with van der Waals surface area (Å²) >= 11 is 2.00. The zero-order chi connectivity index (χ0) is 30.5. The van der Waals surface area contributed by atoms with E-state index in [2.05, 4.69) is 152 Å². The monoisotopic (exact) mass is 606 g/mol. The van der Waals surface area contributed by atoms with Gasteiger partial charge >= 0.3 is 0 Å². The normalized spacial score (nSPS) is 12.5. The zero-order valence-corrected chi connectivity index (χ0v) is 26.1. The fourth-order valence-electron chi connectivity index (χ4n) is 6.95. The fraction of sp³-hybridized carbons (Fsp3) is 0.0455. The first-order valence-electron chi connectivity index (χ1n) is 15.8. The van der Waals surface area contributed by atoms with Gasteiger partial charge in [-0.25, -0.2) is 0 Å². The van der Waals surface area contributed by atoms with E-state index < -0.39 is 0 Å². The molecule has 2 heteroatoms. The molecule has 1 aromatic heterocycles. The van der Waals surface area contributed by atoms with Crippen LogP contribution in [-0.2, 0) is 11.5 Å². The lowest BCUT2D eigenvalue weighted by atomic mass is 9.89. The molecule has 0 amide bonds. The van der Waals surface area contributed by atoms with E-state index in [1.165, 1.54) is 77.5 Å². The van der Waals surface area contributed by atoms with E-state index >= 15 is 0 Å². The summed E-state index contributed by atoms with van der Waals surface area (Å²) in [4.78, 5) is 0. The van der Waals surface area contributed by atoms with Crippen molar-refractivity contribution in [1.29, 1.82) is 0 Å². The van der Waals surface area contributed by atoms with E-state index in [-0.39, 0.29) is 0 Å². The lowest BCUT2D eigenvalue weighted by molar-refractivity contribution is 0.669. The molecule has 0 N–H and O–H groups in total. The third-order valence-corrected chi connectivity index (χ3v) is 10.2. The van der Waals surface area contributed by atoms with Gasteiger partial charge in [-0.2, -0.15) is 11.8 Å². The maximum atomic E-state index is 6.22. The van der Waals surface area contributed by atoms with Crippen LogP contribution in [0.2, 0.25) is 0 Å². The van der Waals surface area contributed by atoms with Gasteiger partial charge in [-0.1, -0.05) is 115 Å². The molecule has 218 valence electrons. The summed E-state index contributed by atoms with van der Waals surface area (Å²) in [5, 5.41) is 2.36. The second-order valence-electron chi connectivity index (χ2n) is 12.0. The predicted molar refractivity (Wildman–Crippen MR) is 196 cm³/mol. The van der Waals surface area contributed by atoms with Crippen molar-refractivity contribution in [3.05, 3.63) is 169 Å². The Kier molecular flexibility index (Phi) is 6.61. The van der Waals surface area contributed by atoms with Gasteiger partial charge in [0.2, 0.25) is 0 Å². The molecule has 0 fully saturated rings. The Balaban J connectivity index is 1.17. The quantitative estimate of drug-likeness (QED) is 0.198. The molecule has 0 saturated heterocycles. The first-order valence-corrected chi connectivity index (χ1v) is 16.9. The molecule has 2 heterocycles. The topological polar surface area (TPSA) is 13.1 Å². The minimum absolute atomic E-state index is 0.934. The Morgan fingerprint density at radius 3 is 1.76 bits per heavy atom. The number of rotatable bonds is 4. The maximum absolute atomic E-state index is 6.22. The SMILES string of the molecule is c1ccc(-c2cc(-c3ccccc3)cc(-c3ccc4c(c3)-c3ccc(-c5cccc6oc7ccccc7c56)cc3CSC4)c2)cc1. The highest BCUT2D eigenvalue weighted by Crippen LogP contribution is 2.43. The van der Waals surface area contributed by atoms with Crippen molar-refractivity contribution >= 4 is 33.7 Å². The molecule has 1 nitrogen and oxygen atoms in total. The molecule has 1 aliphatic rings. The average Bonchev–Trinajstić information content (AvgIpc) is 3.41. The molecule has 0 atom stereocenters. The van der Waals surface area contributed by atoms with Crippen molar-refractivity contribution in [2.75, 3.05) is 0 Å².